The summed E-state index contributed by atoms with van der Waals surface area (Å²) in [5.41, 5.74) is 2.90. The molecule has 1 fully saturated rings. The van der Waals surface area contributed by atoms with Crippen molar-refractivity contribution in [1.82, 2.24) is 20.0 Å². The van der Waals surface area contributed by atoms with Crippen LogP contribution in [0.5, 0.6) is 5.75 Å². The van der Waals surface area contributed by atoms with Crippen LogP contribution >= 0.6 is 0 Å². The largest absolute Gasteiger partial charge is 0.425 e. The number of nitrogens with zero attached hydrogens (tertiary/aromatic N) is 4. The molecular weight excluding hydrogens is 360 g/mol. The van der Waals surface area contributed by atoms with Crippen molar-refractivity contribution < 1.29 is 19.0 Å². The molecule has 3 heterocycles. The molecule has 8 heteroatoms. The Bertz CT molecular complexity index is 799. The Balaban J connectivity index is 1.78. The molecule has 1 atom stereocenters. The van der Waals surface area contributed by atoms with Gasteiger partial charge in [-0.25, -0.2) is 9.67 Å². The number of pyridine rings is 1. The van der Waals surface area contributed by atoms with Crippen LogP contribution in [-0.2, 0) is 34.3 Å². The van der Waals surface area contributed by atoms with E-state index in [1.165, 1.54) is 0 Å². The van der Waals surface area contributed by atoms with Crippen LogP contribution in [0.3, 0.4) is 0 Å². The molecule has 0 bridgehead atoms. The third-order valence-corrected chi connectivity index (χ3v) is 4.67. The first-order valence-corrected chi connectivity index (χ1v) is 9.95. The zero-order valence-electron chi connectivity index (χ0n) is 16.8. The van der Waals surface area contributed by atoms with Crippen molar-refractivity contribution >= 4 is 5.97 Å². The van der Waals surface area contributed by atoms with Crippen LogP contribution in [0.25, 0.3) is 11.4 Å². The Morgan fingerprint density at radius 3 is 2.89 bits per heavy atom. The highest BCUT2D eigenvalue weighted by Crippen LogP contribution is 2.26. The average molecular weight is 388 g/mol. The highest BCUT2D eigenvalue weighted by atomic mass is 16.7. The lowest BCUT2D eigenvalue weighted by molar-refractivity contribution is -0.169. The van der Waals surface area contributed by atoms with Crippen molar-refractivity contribution in [1.29, 1.82) is 0 Å². The first-order valence-electron chi connectivity index (χ1n) is 9.95. The molecule has 0 spiro atoms. The van der Waals surface area contributed by atoms with E-state index < -0.39 is 0 Å². The predicted octanol–water partition coefficient (Wildman–Crippen LogP) is 3.19. The Morgan fingerprint density at radius 2 is 2.18 bits per heavy atom. The van der Waals surface area contributed by atoms with Gasteiger partial charge in [0.25, 0.3) is 0 Å². The lowest BCUT2D eigenvalue weighted by atomic mass is 10.2. The number of esters is 1. The highest BCUT2D eigenvalue weighted by molar-refractivity contribution is 5.72. The fourth-order valence-corrected chi connectivity index (χ4v) is 3.10. The maximum Gasteiger partial charge on any atom is 0.311 e. The average Bonchev–Trinajstić information content (AvgIpc) is 3.08. The van der Waals surface area contributed by atoms with Crippen LogP contribution in [0.15, 0.2) is 12.1 Å². The Hall–Kier alpha value is -2.32. The van der Waals surface area contributed by atoms with Gasteiger partial charge < -0.3 is 14.2 Å². The summed E-state index contributed by atoms with van der Waals surface area (Å²) < 4.78 is 18.7. The van der Waals surface area contributed by atoms with Crippen molar-refractivity contribution in [3.63, 3.8) is 0 Å². The molecule has 0 radical (unpaired) electrons. The molecule has 0 N–H and O–H groups in total. The number of hydrogen-bond acceptors (Lipinski definition) is 7. The zero-order chi connectivity index (χ0) is 19.9. The second-order valence-corrected chi connectivity index (χ2v) is 6.83. The molecule has 28 heavy (non-hydrogen) atoms. The lowest BCUT2D eigenvalue weighted by Gasteiger charge is -2.22. The van der Waals surface area contributed by atoms with Crippen LogP contribution in [-0.4, -0.2) is 38.8 Å². The standard InChI is InChI=1S/C20H28N4O4/c1-4-8-18(25)28-17-11-10-15(21-14(17)5-2)20-16(24(3)23-22-20)13-27-19-9-6-7-12-26-19/h10-11,19H,4-9,12-13H2,1-3H3. The van der Waals surface area contributed by atoms with Gasteiger partial charge >= 0.3 is 5.97 Å². The van der Waals surface area contributed by atoms with Crippen LogP contribution in [0, 0.1) is 0 Å². The second-order valence-electron chi connectivity index (χ2n) is 6.83. The summed E-state index contributed by atoms with van der Waals surface area (Å²) in [7, 11) is 1.83. The molecule has 2 aromatic rings. The topological polar surface area (TPSA) is 88.4 Å². The maximum atomic E-state index is 11.8. The lowest BCUT2D eigenvalue weighted by Crippen LogP contribution is -2.22. The predicted molar refractivity (Wildman–Crippen MR) is 103 cm³/mol. The van der Waals surface area contributed by atoms with E-state index in [1.807, 2.05) is 20.9 Å². The number of aromatic nitrogens is 4. The summed E-state index contributed by atoms with van der Waals surface area (Å²) in [4.78, 5) is 16.5. The first kappa shape index (κ1) is 20.4. The number of rotatable bonds is 8. The van der Waals surface area contributed by atoms with E-state index in [1.54, 1.807) is 16.8 Å². The van der Waals surface area contributed by atoms with Gasteiger partial charge in [0, 0.05) is 20.1 Å². The van der Waals surface area contributed by atoms with Gasteiger partial charge in [-0.05, 0) is 44.2 Å². The highest BCUT2D eigenvalue weighted by Gasteiger charge is 2.20. The van der Waals surface area contributed by atoms with Gasteiger partial charge in [0.05, 0.1) is 23.7 Å². The van der Waals surface area contributed by atoms with Gasteiger partial charge in [-0.15, -0.1) is 5.10 Å². The van der Waals surface area contributed by atoms with Gasteiger partial charge in [0.15, 0.2) is 12.0 Å². The Kier molecular flexibility index (Phi) is 7.11. The third kappa shape index (κ3) is 4.94. The molecular formula is C20H28N4O4. The van der Waals surface area contributed by atoms with Crippen molar-refractivity contribution in [2.24, 2.45) is 7.05 Å². The maximum absolute atomic E-state index is 11.8. The van der Waals surface area contributed by atoms with Gasteiger partial charge in [0.2, 0.25) is 0 Å². The molecule has 2 aromatic heterocycles. The SMILES string of the molecule is CCCC(=O)Oc1ccc(-c2nnn(C)c2COC2CCCCO2)nc1CC. The number of ether oxygens (including phenoxy) is 3. The van der Waals surface area contributed by atoms with E-state index in [4.69, 9.17) is 14.2 Å². The number of carbonyl (C=O) groups excluding carboxylic acids is 1. The Labute approximate surface area is 165 Å². The normalized spacial score (nSPS) is 16.9. The molecule has 1 aliphatic rings. The molecule has 152 valence electrons. The molecule has 1 saturated heterocycles. The summed E-state index contributed by atoms with van der Waals surface area (Å²) in [6, 6.07) is 3.58. The van der Waals surface area contributed by atoms with Gasteiger partial charge in [0.1, 0.15) is 5.69 Å². The molecule has 0 amide bonds. The van der Waals surface area contributed by atoms with E-state index >= 15 is 0 Å². The molecule has 0 saturated carbocycles. The van der Waals surface area contributed by atoms with Gasteiger partial charge in [-0.3, -0.25) is 4.79 Å². The molecule has 1 aliphatic heterocycles. The number of aryl methyl sites for hydroxylation is 2. The minimum absolute atomic E-state index is 0.184. The van der Waals surface area contributed by atoms with Gasteiger partial charge in [-0.2, -0.15) is 0 Å². The molecule has 1 unspecified atom stereocenters. The molecule has 0 aromatic carbocycles. The molecule has 0 aliphatic carbocycles. The minimum atomic E-state index is -0.243. The minimum Gasteiger partial charge on any atom is -0.425 e. The first-order chi connectivity index (χ1) is 13.6. The summed E-state index contributed by atoms with van der Waals surface area (Å²) in [6.07, 6.45) is 4.69. The summed E-state index contributed by atoms with van der Waals surface area (Å²) in [5.74, 6) is 0.259. The van der Waals surface area contributed by atoms with E-state index in [0.717, 1.165) is 43.7 Å². The monoisotopic (exact) mass is 388 g/mol. The number of hydrogen-bond donors (Lipinski definition) is 0. The fourth-order valence-electron chi connectivity index (χ4n) is 3.10. The second kappa shape index (κ2) is 9.75. The summed E-state index contributed by atoms with van der Waals surface area (Å²) in [5, 5.41) is 8.39. The van der Waals surface area contributed by atoms with E-state index in [2.05, 4.69) is 15.3 Å². The summed E-state index contributed by atoms with van der Waals surface area (Å²) >= 11 is 0. The zero-order valence-corrected chi connectivity index (χ0v) is 16.8. The van der Waals surface area contributed by atoms with E-state index in [-0.39, 0.29) is 12.3 Å². The van der Waals surface area contributed by atoms with Crippen LogP contribution in [0.1, 0.15) is 57.3 Å². The van der Waals surface area contributed by atoms with Crippen molar-refractivity contribution in [2.45, 2.75) is 65.3 Å². The molecule has 8 nitrogen and oxygen atoms in total. The molecule has 3 rings (SSSR count). The van der Waals surface area contributed by atoms with E-state index in [9.17, 15) is 4.79 Å². The van der Waals surface area contributed by atoms with E-state index in [0.29, 0.717) is 36.6 Å². The van der Waals surface area contributed by atoms with Crippen molar-refractivity contribution in [3.8, 4) is 17.1 Å². The van der Waals surface area contributed by atoms with Crippen molar-refractivity contribution in [2.75, 3.05) is 6.61 Å². The van der Waals surface area contributed by atoms with Crippen LogP contribution in [0.4, 0.5) is 0 Å². The fraction of sp³-hybridized carbons (Fsp3) is 0.600. The Morgan fingerprint density at radius 1 is 1.32 bits per heavy atom. The van der Waals surface area contributed by atoms with Crippen LogP contribution in [0.2, 0.25) is 0 Å². The number of carbonyl (C=O) groups is 1. The summed E-state index contributed by atoms with van der Waals surface area (Å²) in [6.45, 7) is 5.00. The quantitative estimate of drug-likeness (QED) is 0.642. The van der Waals surface area contributed by atoms with Gasteiger partial charge in [-0.1, -0.05) is 19.1 Å². The third-order valence-electron chi connectivity index (χ3n) is 4.67. The smallest absolute Gasteiger partial charge is 0.311 e. The van der Waals surface area contributed by atoms with Crippen LogP contribution < -0.4 is 4.74 Å². The van der Waals surface area contributed by atoms with Crippen molar-refractivity contribution in [3.05, 3.63) is 23.5 Å².